The second-order valence-electron chi connectivity index (χ2n) is 4.00. The molecule has 0 atom stereocenters. The monoisotopic (exact) mass is 166 g/mol. The van der Waals surface area contributed by atoms with E-state index in [1.165, 1.54) is 51.4 Å². The second-order valence-corrected chi connectivity index (χ2v) is 4.00. The van der Waals surface area contributed by atoms with E-state index < -0.39 is 0 Å². The van der Waals surface area contributed by atoms with Gasteiger partial charge in [0.05, 0.1) is 0 Å². The Bertz CT molecular complexity index is 116. The van der Waals surface area contributed by atoms with E-state index in [4.69, 9.17) is 0 Å². The molecular formula is C12H22. The van der Waals surface area contributed by atoms with Crippen LogP contribution in [-0.4, -0.2) is 0 Å². The molecule has 1 aliphatic carbocycles. The molecule has 1 rings (SSSR count). The maximum atomic E-state index is 2.31. The zero-order chi connectivity index (χ0) is 8.65. The first kappa shape index (κ1) is 9.83. The van der Waals surface area contributed by atoms with Crippen molar-refractivity contribution in [1.29, 1.82) is 0 Å². The molecule has 0 aromatic carbocycles. The van der Waals surface area contributed by atoms with Gasteiger partial charge in [0.2, 0.25) is 0 Å². The number of hydrogen-bond donors (Lipinski definition) is 0. The summed E-state index contributed by atoms with van der Waals surface area (Å²) in [5.74, 6) is 1.05. The van der Waals surface area contributed by atoms with Crippen LogP contribution >= 0.6 is 0 Å². The third-order valence-corrected chi connectivity index (χ3v) is 2.95. The van der Waals surface area contributed by atoms with Crippen LogP contribution in [0.25, 0.3) is 0 Å². The van der Waals surface area contributed by atoms with E-state index in [0.29, 0.717) is 0 Å². The van der Waals surface area contributed by atoms with Gasteiger partial charge in [-0.3, -0.25) is 0 Å². The average Bonchev–Trinajstić information content (AvgIpc) is 2.33. The minimum atomic E-state index is 1.05. The molecule has 1 aliphatic rings. The zero-order valence-electron chi connectivity index (χ0n) is 8.39. The van der Waals surface area contributed by atoms with Crippen LogP contribution in [0.3, 0.4) is 0 Å². The van der Waals surface area contributed by atoms with Crippen molar-refractivity contribution in [3.05, 3.63) is 12.2 Å². The highest BCUT2D eigenvalue weighted by atomic mass is 14.2. The maximum Gasteiger partial charge on any atom is -0.0348 e. The van der Waals surface area contributed by atoms with Crippen molar-refractivity contribution in [3.63, 3.8) is 0 Å². The van der Waals surface area contributed by atoms with E-state index in [-0.39, 0.29) is 0 Å². The summed E-state index contributed by atoms with van der Waals surface area (Å²) >= 11 is 0. The molecule has 70 valence electrons. The highest BCUT2D eigenvalue weighted by molar-refractivity contribution is 4.78. The quantitative estimate of drug-likeness (QED) is 0.433. The van der Waals surface area contributed by atoms with Crippen LogP contribution in [0.5, 0.6) is 0 Å². The van der Waals surface area contributed by atoms with Crippen molar-refractivity contribution in [3.8, 4) is 0 Å². The molecule has 0 heteroatoms. The molecule has 0 saturated heterocycles. The van der Waals surface area contributed by atoms with Gasteiger partial charge >= 0.3 is 0 Å². The normalized spacial score (nSPS) is 21.4. The fourth-order valence-electron chi connectivity index (χ4n) is 2.15. The van der Waals surface area contributed by atoms with Crippen LogP contribution in [0, 0.1) is 5.92 Å². The minimum absolute atomic E-state index is 1.05. The Labute approximate surface area is 77.1 Å². The molecule has 0 bridgehead atoms. The summed E-state index contributed by atoms with van der Waals surface area (Å²) in [5, 5.41) is 0. The topological polar surface area (TPSA) is 0 Å². The van der Waals surface area contributed by atoms with Crippen LogP contribution in [0.4, 0.5) is 0 Å². The lowest BCUT2D eigenvalue weighted by Gasteiger charge is -2.11. The average molecular weight is 166 g/mol. The molecule has 0 heterocycles. The molecule has 12 heavy (non-hydrogen) atoms. The molecule has 0 radical (unpaired) electrons. The van der Waals surface area contributed by atoms with Gasteiger partial charge < -0.3 is 0 Å². The van der Waals surface area contributed by atoms with Crippen molar-refractivity contribution < 1.29 is 0 Å². The van der Waals surface area contributed by atoms with Crippen molar-refractivity contribution in [2.75, 3.05) is 0 Å². The summed E-state index contributed by atoms with van der Waals surface area (Å²) in [6.07, 6.45) is 16.2. The van der Waals surface area contributed by atoms with Gasteiger partial charge in [-0.25, -0.2) is 0 Å². The van der Waals surface area contributed by atoms with Gasteiger partial charge in [0.25, 0.3) is 0 Å². The van der Waals surface area contributed by atoms with Gasteiger partial charge in [-0.05, 0) is 25.7 Å². The summed E-state index contributed by atoms with van der Waals surface area (Å²) in [7, 11) is 0. The van der Waals surface area contributed by atoms with Crippen LogP contribution < -0.4 is 0 Å². The van der Waals surface area contributed by atoms with Crippen molar-refractivity contribution in [2.24, 2.45) is 5.92 Å². The van der Waals surface area contributed by atoms with Crippen molar-refractivity contribution in [1.82, 2.24) is 0 Å². The molecule has 0 aromatic heterocycles. The minimum Gasteiger partial charge on any atom is -0.0917 e. The Morgan fingerprint density at radius 3 is 2.33 bits per heavy atom. The fourth-order valence-corrected chi connectivity index (χ4v) is 2.15. The van der Waals surface area contributed by atoms with Gasteiger partial charge in [0.1, 0.15) is 0 Å². The Kier molecular flexibility index (Phi) is 5.14. The van der Waals surface area contributed by atoms with E-state index in [0.717, 1.165) is 5.92 Å². The van der Waals surface area contributed by atoms with E-state index in [1.54, 1.807) is 0 Å². The first-order valence-corrected chi connectivity index (χ1v) is 5.54. The Balaban J connectivity index is 2.11. The number of allylic oxidation sites excluding steroid dienone is 2. The smallest absolute Gasteiger partial charge is 0.0348 e. The van der Waals surface area contributed by atoms with E-state index in [2.05, 4.69) is 19.1 Å². The molecule has 1 fully saturated rings. The molecular weight excluding hydrogens is 144 g/mol. The van der Waals surface area contributed by atoms with Crippen molar-refractivity contribution in [2.45, 2.75) is 58.3 Å². The molecule has 0 nitrogen and oxygen atoms in total. The highest BCUT2D eigenvalue weighted by Gasteiger charge is 2.10. The molecule has 0 N–H and O–H groups in total. The Morgan fingerprint density at radius 1 is 1.08 bits per heavy atom. The van der Waals surface area contributed by atoms with Crippen LogP contribution in [0.1, 0.15) is 58.3 Å². The predicted molar refractivity (Wildman–Crippen MR) is 55.2 cm³/mol. The van der Waals surface area contributed by atoms with Gasteiger partial charge in [-0.15, -0.1) is 0 Å². The molecule has 1 saturated carbocycles. The van der Waals surface area contributed by atoms with E-state index >= 15 is 0 Å². The SMILES string of the molecule is CC=CCCC1CCCCCC1. The maximum absolute atomic E-state index is 2.31. The first-order valence-electron chi connectivity index (χ1n) is 5.54. The van der Waals surface area contributed by atoms with Gasteiger partial charge in [-0.1, -0.05) is 50.7 Å². The third-order valence-electron chi connectivity index (χ3n) is 2.95. The summed E-state index contributed by atoms with van der Waals surface area (Å²) in [5.41, 5.74) is 0. The summed E-state index contributed by atoms with van der Waals surface area (Å²) in [6.45, 7) is 2.12. The molecule has 0 aliphatic heterocycles. The van der Waals surface area contributed by atoms with Gasteiger partial charge in [0.15, 0.2) is 0 Å². The molecule has 0 amide bonds. The van der Waals surface area contributed by atoms with E-state index in [1.807, 2.05) is 0 Å². The second kappa shape index (κ2) is 6.28. The highest BCUT2D eigenvalue weighted by Crippen LogP contribution is 2.26. The molecule has 0 aromatic rings. The fraction of sp³-hybridized carbons (Fsp3) is 0.833. The first-order chi connectivity index (χ1) is 5.93. The van der Waals surface area contributed by atoms with Crippen LogP contribution in [0.15, 0.2) is 12.2 Å². The zero-order valence-corrected chi connectivity index (χ0v) is 8.39. The van der Waals surface area contributed by atoms with Gasteiger partial charge in [-0.2, -0.15) is 0 Å². The lowest BCUT2D eigenvalue weighted by atomic mass is 9.95. The Morgan fingerprint density at radius 2 is 1.75 bits per heavy atom. The number of rotatable bonds is 3. The largest absolute Gasteiger partial charge is 0.0917 e. The standard InChI is InChI=1S/C12H22/c1-2-3-6-9-12-10-7-4-5-8-11-12/h2-3,12H,4-11H2,1H3. The van der Waals surface area contributed by atoms with Crippen molar-refractivity contribution >= 4 is 0 Å². The van der Waals surface area contributed by atoms with Crippen LogP contribution in [-0.2, 0) is 0 Å². The van der Waals surface area contributed by atoms with Crippen LogP contribution in [0.2, 0.25) is 0 Å². The summed E-state index contributed by atoms with van der Waals surface area (Å²) < 4.78 is 0. The Hall–Kier alpha value is -0.260. The van der Waals surface area contributed by atoms with E-state index in [9.17, 15) is 0 Å². The predicted octanol–water partition coefficient (Wildman–Crippen LogP) is 4.31. The van der Waals surface area contributed by atoms with Gasteiger partial charge in [0, 0.05) is 0 Å². The summed E-state index contributed by atoms with van der Waals surface area (Å²) in [4.78, 5) is 0. The lowest BCUT2D eigenvalue weighted by molar-refractivity contribution is 0.431. The summed E-state index contributed by atoms with van der Waals surface area (Å²) in [6, 6.07) is 0. The lowest BCUT2D eigenvalue weighted by Crippen LogP contribution is -1.97. The number of hydrogen-bond acceptors (Lipinski definition) is 0. The molecule has 0 unspecified atom stereocenters. The molecule has 0 spiro atoms. The third kappa shape index (κ3) is 3.94.